The number of carbonyl (C=O) groups is 1. The van der Waals surface area contributed by atoms with Gasteiger partial charge in [-0.2, -0.15) is 0 Å². The highest BCUT2D eigenvalue weighted by atomic mass is 35.5. The predicted molar refractivity (Wildman–Crippen MR) is 67.5 cm³/mol. The van der Waals surface area contributed by atoms with Crippen molar-refractivity contribution in [3.05, 3.63) is 17.0 Å². The summed E-state index contributed by atoms with van der Waals surface area (Å²) in [4.78, 5) is 18.8. The number of halogens is 1. The summed E-state index contributed by atoms with van der Waals surface area (Å²) in [5.41, 5.74) is 0.354. The summed E-state index contributed by atoms with van der Waals surface area (Å²) in [5.74, 6) is 1.35. The lowest BCUT2D eigenvalue weighted by molar-refractivity contribution is 0.112. The molecule has 5 heteroatoms. The molecular weight excluding hydrogens is 238 g/mol. The molecule has 0 aromatic carbocycles. The first-order valence-electron chi connectivity index (χ1n) is 5.93. The molecule has 92 valence electrons. The van der Waals surface area contributed by atoms with Crippen LogP contribution >= 0.6 is 11.6 Å². The van der Waals surface area contributed by atoms with Crippen LogP contribution in [0.25, 0.3) is 0 Å². The van der Waals surface area contributed by atoms with E-state index in [2.05, 4.69) is 22.2 Å². The quantitative estimate of drug-likeness (QED) is 0.665. The molecule has 1 aromatic rings. The van der Waals surface area contributed by atoms with E-state index in [1.165, 1.54) is 19.2 Å². The van der Waals surface area contributed by atoms with Gasteiger partial charge in [-0.05, 0) is 31.6 Å². The lowest BCUT2D eigenvalue weighted by atomic mass is 9.87. The first-order chi connectivity index (χ1) is 8.20. The van der Waals surface area contributed by atoms with Crippen LogP contribution < -0.4 is 5.32 Å². The Morgan fingerprint density at radius 2 is 2.06 bits per heavy atom. The number of anilines is 1. The van der Waals surface area contributed by atoms with E-state index in [4.69, 9.17) is 11.6 Å². The zero-order valence-corrected chi connectivity index (χ0v) is 10.6. The van der Waals surface area contributed by atoms with Crippen molar-refractivity contribution in [3.63, 3.8) is 0 Å². The summed E-state index contributed by atoms with van der Waals surface area (Å²) >= 11 is 5.85. The zero-order valence-electron chi connectivity index (χ0n) is 9.82. The second-order valence-corrected chi connectivity index (χ2v) is 5.00. The summed E-state index contributed by atoms with van der Waals surface area (Å²) in [6, 6.07) is 0.385. The molecule has 4 nitrogen and oxygen atoms in total. The van der Waals surface area contributed by atoms with Crippen LogP contribution in [-0.2, 0) is 0 Å². The Bertz CT molecular complexity index is 403. The van der Waals surface area contributed by atoms with Gasteiger partial charge < -0.3 is 5.32 Å². The highest BCUT2D eigenvalue weighted by molar-refractivity contribution is 6.32. The molecule has 0 unspecified atom stereocenters. The van der Waals surface area contributed by atoms with Crippen LogP contribution in [0.5, 0.6) is 0 Å². The average molecular weight is 254 g/mol. The van der Waals surface area contributed by atoms with E-state index in [1.54, 1.807) is 0 Å². The number of hydrogen-bond acceptors (Lipinski definition) is 4. The molecule has 1 aromatic heterocycles. The zero-order chi connectivity index (χ0) is 12.3. The molecule has 1 aliphatic rings. The Morgan fingerprint density at radius 1 is 1.35 bits per heavy atom. The van der Waals surface area contributed by atoms with Crippen LogP contribution in [0.2, 0.25) is 5.15 Å². The molecule has 0 bridgehead atoms. The monoisotopic (exact) mass is 253 g/mol. The maximum Gasteiger partial charge on any atom is 0.156 e. The van der Waals surface area contributed by atoms with Crippen molar-refractivity contribution in [1.82, 2.24) is 9.97 Å². The predicted octanol–water partition coefficient (Wildman–Crippen LogP) is 2.93. The molecule has 0 aliphatic heterocycles. The van der Waals surface area contributed by atoms with Crippen LogP contribution in [0.3, 0.4) is 0 Å². The molecule has 1 saturated carbocycles. The van der Waals surface area contributed by atoms with Gasteiger partial charge in [-0.15, -0.1) is 0 Å². The molecule has 0 saturated heterocycles. The first-order valence-corrected chi connectivity index (χ1v) is 6.30. The van der Waals surface area contributed by atoms with Crippen LogP contribution in [0.4, 0.5) is 5.82 Å². The average Bonchev–Trinajstić information content (AvgIpc) is 2.32. The van der Waals surface area contributed by atoms with Crippen LogP contribution in [0.15, 0.2) is 6.33 Å². The van der Waals surface area contributed by atoms with E-state index in [0.29, 0.717) is 23.7 Å². The van der Waals surface area contributed by atoms with E-state index in [0.717, 1.165) is 18.8 Å². The van der Waals surface area contributed by atoms with Crippen molar-refractivity contribution in [3.8, 4) is 0 Å². The lowest BCUT2D eigenvalue weighted by Gasteiger charge is -2.27. The summed E-state index contributed by atoms with van der Waals surface area (Å²) in [6.45, 7) is 2.27. The number of aromatic nitrogens is 2. The number of nitrogens with zero attached hydrogens (tertiary/aromatic N) is 2. The van der Waals surface area contributed by atoms with Gasteiger partial charge in [-0.25, -0.2) is 9.97 Å². The first kappa shape index (κ1) is 12.3. The van der Waals surface area contributed by atoms with Crippen LogP contribution in [-0.4, -0.2) is 22.3 Å². The van der Waals surface area contributed by atoms with Gasteiger partial charge in [0.15, 0.2) is 6.29 Å². The highest BCUT2D eigenvalue weighted by Crippen LogP contribution is 2.27. The van der Waals surface area contributed by atoms with Crippen molar-refractivity contribution >= 4 is 23.7 Å². The second-order valence-electron chi connectivity index (χ2n) is 4.65. The topological polar surface area (TPSA) is 54.9 Å². The van der Waals surface area contributed by atoms with E-state index in [-0.39, 0.29) is 5.15 Å². The molecule has 1 heterocycles. The van der Waals surface area contributed by atoms with Crippen molar-refractivity contribution in [1.29, 1.82) is 0 Å². The van der Waals surface area contributed by atoms with Gasteiger partial charge in [0.2, 0.25) is 0 Å². The maximum atomic E-state index is 10.9. The molecule has 1 fully saturated rings. The fourth-order valence-corrected chi connectivity index (χ4v) is 2.37. The third kappa shape index (κ3) is 2.94. The van der Waals surface area contributed by atoms with E-state index >= 15 is 0 Å². The van der Waals surface area contributed by atoms with Gasteiger partial charge in [-0.1, -0.05) is 18.5 Å². The van der Waals surface area contributed by atoms with Gasteiger partial charge in [0.25, 0.3) is 0 Å². The second kappa shape index (κ2) is 5.45. The third-order valence-corrected chi connectivity index (χ3v) is 3.61. The molecule has 0 amide bonds. The molecule has 1 N–H and O–H groups in total. The van der Waals surface area contributed by atoms with Gasteiger partial charge >= 0.3 is 0 Å². The summed E-state index contributed by atoms with van der Waals surface area (Å²) in [6.07, 6.45) is 6.74. The summed E-state index contributed by atoms with van der Waals surface area (Å²) in [5, 5.41) is 3.50. The normalized spacial score (nSPS) is 24.4. The molecule has 0 atom stereocenters. The van der Waals surface area contributed by atoms with E-state index in [1.807, 2.05) is 0 Å². The molecular formula is C12H16ClN3O. The summed E-state index contributed by atoms with van der Waals surface area (Å²) < 4.78 is 0. The smallest absolute Gasteiger partial charge is 0.156 e. The van der Waals surface area contributed by atoms with Crippen LogP contribution in [0, 0.1) is 5.92 Å². The van der Waals surface area contributed by atoms with E-state index < -0.39 is 0 Å². The van der Waals surface area contributed by atoms with Gasteiger partial charge in [-0.3, -0.25) is 4.79 Å². The SMILES string of the molecule is CC1CCC(Nc2ncnc(Cl)c2C=O)CC1. The number of hydrogen-bond donors (Lipinski definition) is 1. The van der Waals surface area contributed by atoms with Gasteiger partial charge in [0.1, 0.15) is 17.3 Å². The minimum absolute atomic E-state index is 0.210. The largest absolute Gasteiger partial charge is 0.367 e. The number of rotatable bonds is 3. The minimum atomic E-state index is 0.210. The molecule has 0 spiro atoms. The Morgan fingerprint density at radius 3 is 2.71 bits per heavy atom. The fourth-order valence-electron chi connectivity index (χ4n) is 2.19. The van der Waals surface area contributed by atoms with Gasteiger partial charge in [0, 0.05) is 6.04 Å². The van der Waals surface area contributed by atoms with Gasteiger partial charge in [0.05, 0.1) is 5.56 Å². The van der Waals surface area contributed by atoms with E-state index in [9.17, 15) is 4.79 Å². The number of carbonyl (C=O) groups excluding carboxylic acids is 1. The molecule has 1 aliphatic carbocycles. The summed E-state index contributed by atoms with van der Waals surface area (Å²) in [7, 11) is 0. The van der Waals surface area contributed by atoms with Crippen molar-refractivity contribution < 1.29 is 4.79 Å². The third-order valence-electron chi connectivity index (χ3n) is 3.31. The Hall–Kier alpha value is -1.16. The molecule has 17 heavy (non-hydrogen) atoms. The van der Waals surface area contributed by atoms with Crippen LogP contribution in [0.1, 0.15) is 43.0 Å². The maximum absolute atomic E-state index is 10.9. The lowest BCUT2D eigenvalue weighted by Crippen LogP contribution is -2.26. The van der Waals surface area contributed by atoms with Crippen molar-refractivity contribution in [2.75, 3.05) is 5.32 Å². The fraction of sp³-hybridized carbons (Fsp3) is 0.583. The number of aldehydes is 1. The molecule has 0 radical (unpaired) electrons. The standard InChI is InChI=1S/C12H16ClN3O/c1-8-2-4-9(5-3-8)16-12-10(6-17)11(13)14-7-15-12/h6-9H,2-5H2,1H3,(H,14,15,16). The number of nitrogens with one attached hydrogen (secondary N) is 1. The van der Waals surface area contributed by atoms with Crippen molar-refractivity contribution in [2.24, 2.45) is 5.92 Å². The Balaban J connectivity index is 2.08. The Kier molecular flexibility index (Phi) is 3.94. The Labute approximate surface area is 106 Å². The molecule has 2 rings (SSSR count). The minimum Gasteiger partial charge on any atom is -0.367 e. The van der Waals surface area contributed by atoms with Crippen molar-refractivity contribution in [2.45, 2.75) is 38.6 Å². The highest BCUT2D eigenvalue weighted by Gasteiger charge is 2.20.